The van der Waals surface area contributed by atoms with E-state index in [-0.39, 0.29) is 0 Å². The predicted molar refractivity (Wildman–Crippen MR) is 53.0 cm³/mol. The molecule has 0 N–H and O–H groups in total. The van der Waals surface area contributed by atoms with Crippen LogP contribution in [-0.4, -0.2) is 4.98 Å². The van der Waals surface area contributed by atoms with Crippen LogP contribution >= 0.6 is 11.6 Å². The number of hydrogen-bond donors (Lipinski definition) is 0. The van der Waals surface area contributed by atoms with E-state index < -0.39 is 0 Å². The average molecular weight is 189 g/mol. The topological polar surface area (TPSA) is 17.2 Å². The second-order valence-electron chi connectivity index (χ2n) is 2.58. The summed E-state index contributed by atoms with van der Waals surface area (Å²) < 4.78 is 0. The highest BCUT2D eigenvalue weighted by atomic mass is 35.5. The SMILES string of the molecule is [C-]#[N+]c1c(Cl)ccc2cccnc12. The molecule has 1 heterocycles. The third-order valence-electron chi connectivity index (χ3n) is 1.81. The lowest BCUT2D eigenvalue weighted by Crippen LogP contribution is -1.77. The highest BCUT2D eigenvalue weighted by Crippen LogP contribution is 2.31. The predicted octanol–water partition coefficient (Wildman–Crippen LogP) is 3.44. The van der Waals surface area contributed by atoms with E-state index in [0.717, 1.165) is 5.39 Å². The van der Waals surface area contributed by atoms with Gasteiger partial charge in [0.1, 0.15) is 0 Å². The molecular formula is C10H5ClN2. The Balaban J connectivity index is 2.94. The Kier molecular flexibility index (Phi) is 1.88. The van der Waals surface area contributed by atoms with Crippen LogP contribution in [-0.2, 0) is 0 Å². The van der Waals surface area contributed by atoms with Crippen LogP contribution in [0.4, 0.5) is 5.69 Å². The standard InChI is InChI=1S/C10H5ClN2/c1-12-10-8(11)5-4-7-3-2-6-13-9(7)10/h2-6H. The second-order valence-corrected chi connectivity index (χ2v) is 2.99. The summed E-state index contributed by atoms with van der Waals surface area (Å²) in [5.74, 6) is 0. The van der Waals surface area contributed by atoms with Crippen molar-refractivity contribution < 1.29 is 0 Å². The first-order valence-electron chi connectivity index (χ1n) is 3.73. The number of aromatic nitrogens is 1. The van der Waals surface area contributed by atoms with E-state index in [1.54, 1.807) is 12.3 Å². The maximum atomic E-state index is 6.97. The second kappa shape index (κ2) is 3.04. The van der Waals surface area contributed by atoms with E-state index in [1.165, 1.54) is 0 Å². The van der Waals surface area contributed by atoms with Gasteiger partial charge in [0.15, 0.2) is 0 Å². The third-order valence-corrected chi connectivity index (χ3v) is 2.12. The minimum absolute atomic E-state index is 0.430. The van der Waals surface area contributed by atoms with Crippen LogP contribution in [0.5, 0.6) is 0 Å². The number of fused-ring (bicyclic) bond motifs is 1. The molecule has 2 aromatic rings. The average Bonchev–Trinajstić information content (AvgIpc) is 2.18. The molecular weight excluding hydrogens is 184 g/mol. The fourth-order valence-corrected chi connectivity index (χ4v) is 1.41. The maximum absolute atomic E-state index is 6.97. The van der Waals surface area contributed by atoms with Gasteiger partial charge in [0.25, 0.3) is 0 Å². The van der Waals surface area contributed by atoms with Crippen LogP contribution in [0, 0.1) is 6.57 Å². The molecule has 2 nitrogen and oxygen atoms in total. The van der Waals surface area contributed by atoms with E-state index in [4.69, 9.17) is 18.2 Å². The first-order valence-corrected chi connectivity index (χ1v) is 4.11. The van der Waals surface area contributed by atoms with Crippen LogP contribution in [0.15, 0.2) is 30.5 Å². The van der Waals surface area contributed by atoms with Crippen molar-refractivity contribution in [2.75, 3.05) is 0 Å². The molecule has 0 saturated heterocycles. The van der Waals surface area contributed by atoms with Gasteiger partial charge in [0.05, 0.1) is 12.1 Å². The monoisotopic (exact) mass is 188 g/mol. The molecule has 62 valence electrons. The number of pyridine rings is 1. The molecule has 2 rings (SSSR count). The van der Waals surface area contributed by atoms with Crippen LogP contribution in [0.25, 0.3) is 15.7 Å². The van der Waals surface area contributed by atoms with Gasteiger partial charge in [0.2, 0.25) is 5.69 Å². The molecule has 0 saturated carbocycles. The van der Waals surface area contributed by atoms with Crippen molar-refractivity contribution in [3.63, 3.8) is 0 Å². The molecule has 0 spiro atoms. The summed E-state index contributed by atoms with van der Waals surface area (Å²) in [5, 5.41) is 1.40. The van der Waals surface area contributed by atoms with Crippen LogP contribution < -0.4 is 0 Å². The molecule has 0 fully saturated rings. The zero-order chi connectivity index (χ0) is 9.26. The summed E-state index contributed by atoms with van der Waals surface area (Å²) in [7, 11) is 0. The lowest BCUT2D eigenvalue weighted by molar-refractivity contribution is 1.42. The molecule has 0 radical (unpaired) electrons. The van der Waals surface area contributed by atoms with E-state index >= 15 is 0 Å². The minimum Gasteiger partial charge on any atom is -0.268 e. The van der Waals surface area contributed by atoms with Crippen molar-refractivity contribution in [1.29, 1.82) is 0 Å². The number of benzene rings is 1. The first-order chi connectivity index (χ1) is 6.33. The first kappa shape index (κ1) is 8.03. The van der Waals surface area contributed by atoms with Gasteiger partial charge in [-0.2, -0.15) is 0 Å². The summed E-state index contributed by atoms with van der Waals surface area (Å²) in [6.45, 7) is 6.97. The summed E-state index contributed by atoms with van der Waals surface area (Å²) in [4.78, 5) is 7.47. The molecule has 0 amide bonds. The molecule has 0 bridgehead atoms. The van der Waals surface area contributed by atoms with Gasteiger partial charge >= 0.3 is 0 Å². The summed E-state index contributed by atoms with van der Waals surface area (Å²) in [5.41, 5.74) is 1.10. The summed E-state index contributed by atoms with van der Waals surface area (Å²) in [6.07, 6.45) is 1.66. The minimum atomic E-state index is 0.430. The molecule has 0 unspecified atom stereocenters. The molecule has 1 aromatic carbocycles. The molecule has 1 aromatic heterocycles. The number of nitrogens with zero attached hydrogens (tertiary/aromatic N) is 2. The van der Waals surface area contributed by atoms with Gasteiger partial charge in [0, 0.05) is 11.2 Å². The molecule has 0 aliphatic rings. The molecule has 0 aliphatic carbocycles. The van der Waals surface area contributed by atoms with Gasteiger partial charge in [-0.05, 0) is 11.5 Å². The zero-order valence-corrected chi connectivity index (χ0v) is 7.42. The Morgan fingerprint density at radius 3 is 2.92 bits per heavy atom. The van der Waals surface area contributed by atoms with Gasteiger partial charge in [-0.15, -0.1) is 0 Å². The molecule has 13 heavy (non-hydrogen) atoms. The normalized spacial score (nSPS) is 9.85. The van der Waals surface area contributed by atoms with Crippen LogP contribution in [0.1, 0.15) is 0 Å². The van der Waals surface area contributed by atoms with Crippen LogP contribution in [0.3, 0.4) is 0 Å². The lowest BCUT2D eigenvalue weighted by atomic mass is 10.2. The summed E-state index contributed by atoms with van der Waals surface area (Å²) in [6, 6.07) is 7.33. The Hall–Kier alpha value is -1.59. The number of hydrogen-bond acceptors (Lipinski definition) is 1. The number of rotatable bonds is 0. The van der Waals surface area contributed by atoms with Gasteiger partial charge in [-0.1, -0.05) is 29.8 Å². The Bertz CT molecular complexity index is 500. The van der Waals surface area contributed by atoms with Crippen molar-refractivity contribution in [2.45, 2.75) is 0 Å². The largest absolute Gasteiger partial charge is 0.268 e. The van der Waals surface area contributed by atoms with E-state index in [1.807, 2.05) is 18.2 Å². The van der Waals surface area contributed by atoms with Crippen molar-refractivity contribution >= 4 is 28.2 Å². The van der Waals surface area contributed by atoms with Gasteiger partial charge < -0.3 is 0 Å². The van der Waals surface area contributed by atoms with E-state index in [9.17, 15) is 0 Å². The van der Waals surface area contributed by atoms with Crippen molar-refractivity contribution in [1.82, 2.24) is 4.98 Å². The number of halogens is 1. The lowest BCUT2D eigenvalue weighted by Gasteiger charge is -1.99. The smallest absolute Gasteiger partial charge is 0.231 e. The fourth-order valence-electron chi connectivity index (χ4n) is 1.21. The quantitative estimate of drug-likeness (QED) is 0.579. The molecule has 0 aliphatic heterocycles. The molecule has 3 heteroatoms. The fraction of sp³-hybridized carbons (Fsp3) is 0. The zero-order valence-electron chi connectivity index (χ0n) is 6.66. The summed E-state index contributed by atoms with van der Waals surface area (Å²) >= 11 is 5.85. The van der Waals surface area contributed by atoms with E-state index in [0.29, 0.717) is 16.2 Å². The van der Waals surface area contributed by atoms with Gasteiger partial charge in [-0.3, -0.25) is 4.98 Å². The third kappa shape index (κ3) is 1.24. The maximum Gasteiger partial charge on any atom is 0.231 e. The van der Waals surface area contributed by atoms with E-state index in [2.05, 4.69) is 9.83 Å². The highest BCUT2D eigenvalue weighted by molar-refractivity contribution is 6.34. The highest BCUT2D eigenvalue weighted by Gasteiger charge is 2.05. The van der Waals surface area contributed by atoms with Crippen LogP contribution in [0.2, 0.25) is 5.02 Å². The van der Waals surface area contributed by atoms with Crippen molar-refractivity contribution in [3.05, 3.63) is 46.9 Å². The Morgan fingerprint density at radius 1 is 1.31 bits per heavy atom. The molecule has 0 atom stereocenters. The van der Waals surface area contributed by atoms with Gasteiger partial charge in [-0.25, -0.2) is 4.85 Å². The van der Waals surface area contributed by atoms with Crippen molar-refractivity contribution in [2.24, 2.45) is 0 Å². The Labute approximate surface area is 80.6 Å². The van der Waals surface area contributed by atoms with Crippen molar-refractivity contribution in [3.8, 4) is 0 Å². The Morgan fingerprint density at radius 2 is 2.15 bits per heavy atom.